The Morgan fingerprint density at radius 3 is 1.93 bits per heavy atom. The molecule has 156 valence electrons. The number of aryl methyl sites for hydroxylation is 1. The molecule has 0 radical (unpaired) electrons. The second-order valence-electron chi connectivity index (χ2n) is 7.64. The average molecular weight is 421 g/mol. The minimum atomic E-state index is -0.377. The van der Waals surface area contributed by atoms with Crippen LogP contribution in [0.2, 0.25) is 5.02 Å². The van der Waals surface area contributed by atoms with Crippen molar-refractivity contribution in [2.24, 2.45) is 0 Å². The van der Waals surface area contributed by atoms with Gasteiger partial charge in [0.05, 0.1) is 5.56 Å². The number of ether oxygens (including phenoxy) is 1. The summed E-state index contributed by atoms with van der Waals surface area (Å²) in [6, 6.07) is 23.0. The van der Waals surface area contributed by atoms with Crippen molar-refractivity contribution >= 4 is 17.6 Å². The van der Waals surface area contributed by atoms with E-state index >= 15 is 0 Å². The molecule has 0 aliphatic heterocycles. The van der Waals surface area contributed by atoms with Crippen molar-refractivity contribution in [2.45, 2.75) is 51.9 Å². The Labute approximate surface area is 184 Å². The van der Waals surface area contributed by atoms with Gasteiger partial charge in [-0.15, -0.1) is 0 Å². The van der Waals surface area contributed by atoms with E-state index in [9.17, 15) is 4.79 Å². The van der Waals surface area contributed by atoms with Gasteiger partial charge in [0.1, 0.15) is 5.75 Å². The molecule has 0 aromatic heterocycles. The number of halogens is 1. The van der Waals surface area contributed by atoms with Crippen LogP contribution in [0.5, 0.6) is 5.75 Å². The van der Waals surface area contributed by atoms with Crippen molar-refractivity contribution in [1.82, 2.24) is 0 Å². The third-order valence-corrected chi connectivity index (χ3v) is 5.50. The monoisotopic (exact) mass is 420 g/mol. The van der Waals surface area contributed by atoms with Gasteiger partial charge in [0.15, 0.2) is 0 Å². The first kappa shape index (κ1) is 22.1. The van der Waals surface area contributed by atoms with Crippen LogP contribution in [-0.2, 0) is 6.42 Å². The molecule has 0 heterocycles. The fourth-order valence-electron chi connectivity index (χ4n) is 3.44. The van der Waals surface area contributed by atoms with Crippen LogP contribution in [0.4, 0.5) is 0 Å². The van der Waals surface area contributed by atoms with E-state index in [0.29, 0.717) is 16.3 Å². The number of esters is 1. The fraction of sp³-hybridized carbons (Fsp3) is 0.296. The first-order chi connectivity index (χ1) is 14.7. The van der Waals surface area contributed by atoms with Crippen molar-refractivity contribution in [2.75, 3.05) is 0 Å². The largest absolute Gasteiger partial charge is 0.423 e. The molecule has 0 saturated heterocycles. The van der Waals surface area contributed by atoms with Gasteiger partial charge in [-0.3, -0.25) is 0 Å². The molecule has 0 aliphatic rings. The number of unbranched alkanes of at least 4 members (excludes halogenated alkanes) is 5. The zero-order valence-corrected chi connectivity index (χ0v) is 18.3. The first-order valence-corrected chi connectivity index (χ1v) is 11.2. The molecule has 0 bridgehead atoms. The summed E-state index contributed by atoms with van der Waals surface area (Å²) >= 11 is 5.86. The number of carbonyl (C=O) groups is 1. The van der Waals surface area contributed by atoms with E-state index < -0.39 is 0 Å². The summed E-state index contributed by atoms with van der Waals surface area (Å²) in [5, 5.41) is 0.608. The maximum Gasteiger partial charge on any atom is 0.343 e. The van der Waals surface area contributed by atoms with Crippen molar-refractivity contribution in [3.8, 4) is 16.9 Å². The second kappa shape index (κ2) is 11.6. The van der Waals surface area contributed by atoms with E-state index in [1.54, 1.807) is 36.4 Å². The van der Waals surface area contributed by atoms with E-state index in [4.69, 9.17) is 16.3 Å². The summed E-state index contributed by atoms with van der Waals surface area (Å²) < 4.78 is 5.39. The molecule has 0 unspecified atom stereocenters. The molecule has 3 aromatic carbocycles. The normalized spacial score (nSPS) is 10.7. The minimum Gasteiger partial charge on any atom is -0.423 e. The zero-order valence-electron chi connectivity index (χ0n) is 17.6. The summed E-state index contributed by atoms with van der Waals surface area (Å²) in [6.07, 6.45) is 9.07. The van der Waals surface area contributed by atoms with Crippen LogP contribution >= 0.6 is 11.6 Å². The Bertz CT molecular complexity index is 913. The van der Waals surface area contributed by atoms with Crippen LogP contribution in [0.1, 0.15) is 61.4 Å². The molecular formula is C27H29ClO2. The van der Waals surface area contributed by atoms with Gasteiger partial charge in [0, 0.05) is 5.02 Å². The topological polar surface area (TPSA) is 26.3 Å². The number of rotatable bonds is 10. The minimum absolute atomic E-state index is 0.377. The van der Waals surface area contributed by atoms with E-state index in [1.807, 2.05) is 12.1 Å². The lowest BCUT2D eigenvalue weighted by molar-refractivity contribution is 0.0735. The molecule has 0 saturated carbocycles. The average Bonchev–Trinajstić information content (AvgIpc) is 2.78. The van der Waals surface area contributed by atoms with Crippen LogP contribution in [0.3, 0.4) is 0 Å². The van der Waals surface area contributed by atoms with Gasteiger partial charge in [-0.1, -0.05) is 87.0 Å². The van der Waals surface area contributed by atoms with E-state index in [1.165, 1.54) is 44.1 Å². The summed E-state index contributed by atoms with van der Waals surface area (Å²) in [7, 11) is 0. The number of hydrogen-bond acceptors (Lipinski definition) is 2. The zero-order chi connectivity index (χ0) is 21.2. The molecule has 3 heteroatoms. The lowest BCUT2D eigenvalue weighted by atomic mass is 10.00. The number of benzene rings is 3. The van der Waals surface area contributed by atoms with Crippen molar-refractivity contribution in [3.63, 3.8) is 0 Å². The molecule has 0 N–H and O–H groups in total. The van der Waals surface area contributed by atoms with Gasteiger partial charge in [-0.05, 0) is 65.9 Å². The first-order valence-electron chi connectivity index (χ1n) is 10.8. The molecular weight excluding hydrogens is 392 g/mol. The lowest BCUT2D eigenvalue weighted by Crippen LogP contribution is -2.08. The lowest BCUT2D eigenvalue weighted by Gasteiger charge is -2.07. The Balaban J connectivity index is 1.52. The Morgan fingerprint density at radius 1 is 0.733 bits per heavy atom. The molecule has 0 spiro atoms. The van der Waals surface area contributed by atoms with Crippen molar-refractivity contribution in [1.29, 1.82) is 0 Å². The number of carbonyl (C=O) groups excluding carboxylic acids is 1. The van der Waals surface area contributed by atoms with Gasteiger partial charge >= 0.3 is 5.97 Å². The summed E-state index contributed by atoms with van der Waals surface area (Å²) in [4.78, 5) is 12.3. The molecule has 0 amide bonds. The summed E-state index contributed by atoms with van der Waals surface area (Å²) in [5.74, 6) is 0.104. The van der Waals surface area contributed by atoms with Crippen LogP contribution < -0.4 is 4.74 Å². The van der Waals surface area contributed by atoms with Crippen LogP contribution in [0.25, 0.3) is 11.1 Å². The van der Waals surface area contributed by atoms with Crippen molar-refractivity contribution in [3.05, 3.63) is 88.9 Å². The Morgan fingerprint density at radius 2 is 1.30 bits per heavy atom. The van der Waals surface area contributed by atoms with E-state index in [2.05, 4.69) is 31.2 Å². The van der Waals surface area contributed by atoms with E-state index in [-0.39, 0.29) is 5.97 Å². The smallest absolute Gasteiger partial charge is 0.343 e. The number of hydrogen-bond donors (Lipinski definition) is 0. The highest BCUT2D eigenvalue weighted by Crippen LogP contribution is 2.22. The maximum atomic E-state index is 12.3. The van der Waals surface area contributed by atoms with Crippen molar-refractivity contribution < 1.29 is 9.53 Å². The SMILES string of the molecule is CCCCCCCCc1ccc(-c2ccc(C(=O)Oc3ccc(Cl)cc3)cc2)cc1. The quantitative estimate of drug-likeness (QED) is 0.188. The predicted octanol–water partition coefficient (Wildman–Crippen LogP) is 8.13. The summed E-state index contributed by atoms with van der Waals surface area (Å²) in [5.41, 5.74) is 4.15. The molecule has 3 rings (SSSR count). The molecule has 0 atom stereocenters. The molecule has 0 aliphatic carbocycles. The van der Waals surface area contributed by atoms with Gasteiger partial charge in [-0.25, -0.2) is 4.79 Å². The molecule has 2 nitrogen and oxygen atoms in total. The highest BCUT2D eigenvalue weighted by atomic mass is 35.5. The Kier molecular flexibility index (Phi) is 8.53. The molecule has 30 heavy (non-hydrogen) atoms. The highest BCUT2D eigenvalue weighted by molar-refractivity contribution is 6.30. The van der Waals surface area contributed by atoms with Gasteiger partial charge < -0.3 is 4.74 Å². The van der Waals surface area contributed by atoms with Crippen LogP contribution in [-0.4, -0.2) is 5.97 Å². The molecule has 0 fully saturated rings. The van der Waals surface area contributed by atoms with Gasteiger partial charge in [-0.2, -0.15) is 0 Å². The second-order valence-corrected chi connectivity index (χ2v) is 8.07. The summed E-state index contributed by atoms with van der Waals surface area (Å²) in [6.45, 7) is 2.25. The third-order valence-electron chi connectivity index (χ3n) is 5.25. The predicted molar refractivity (Wildman–Crippen MR) is 125 cm³/mol. The van der Waals surface area contributed by atoms with Gasteiger partial charge in [0.25, 0.3) is 0 Å². The standard InChI is InChI=1S/C27H29ClO2/c1-2-3-4-5-6-7-8-21-9-11-22(12-10-21)23-13-15-24(16-14-23)27(29)30-26-19-17-25(28)18-20-26/h9-20H,2-8H2,1H3. The van der Waals surface area contributed by atoms with Crippen LogP contribution in [0, 0.1) is 0 Å². The fourth-order valence-corrected chi connectivity index (χ4v) is 3.57. The maximum absolute atomic E-state index is 12.3. The third kappa shape index (κ3) is 6.74. The van der Waals surface area contributed by atoms with Crippen LogP contribution in [0.15, 0.2) is 72.8 Å². The Hall–Kier alpha value is -2.58. The molecule has 3 aromatic rings. The van der Waals surface area contributed by atoms with E-state index in [0.717, 1.165) is 17.5 Å². The van der Waals surface area contributed by atoms with Gasteiger partial charge in [0.2, 0.25) is 0 Å². The highest BCUT2D eigenvalue weighted by Gasteiger charge is 2.09.